The van der Waals surface area contributed by atoms with Crippen LogP contribution in [0.1, 0.15) is 24.0 Å². The number of hydrogen-bond donors (Lipinski definition) is 3. The molecule has 2 aliphatic rings. The first-order chi connectivity index (χ1) is 14.5. The first kappa shape index (κ1) is 20.2. The monoisotopic (exact) mass is 408 g/mol. The SMILES string of the molecule is Cc1ccccc1N1CCN(C(=O)CCC2(c3ccccc3)NC(=O)NC2O)CC1. The molecular formula is C23H28N4O3. The van der Waals surface area contributed by atoms with Crippen LogP contribution in [0.3, 0.4) is 0 Å². The summed E-state index contributed by atoms with van der Waals surface area (Å²) in [5, 5.41) is 15.9. The van der Waals surface area contributed by atoms with E-state index in [-0.39, 0.29) is 12.3 Å². The minimum absolute atomic E-state index is 0.0445. The summed E-state index contributed by atoms with van der Waals surface area (Å²) in [6.07, 6.45) is -0.510. The van der Waals surface area contributed by atoms with Gasteiger partial charge in [-0.1, -0.05) is 48.5 Å². The maximum absolute atomic E-state index is 12.9. The normalized spacial score (nSPS) is 23.8. The number of para-hydroxylation sites is 1. The second-order valence-corrected chi connectivity index (χ2v) is 7.99. The van der Waals surface area contributed by atoms with Crippen molar-refractivity contribution in [2.24, 2.45) is 0 Å². The highest BCUT2D eigenvalue weighted by atomic mass is 16.3. The number of amides is 3. The number of carbonyl (C=O) groups excluding carboxylic acids is 2. The van der Waals surface area contributed by atoms with Gasteiger partial charge in [-0.3, -0.25) is 4.79 Å². The zero-order valence-electron chi connectivity index (χ0n) is 17.2. The molecule has 2 aromatic carbocycles. The van der Waals surface area contributed by atoms with Gasteiger partial charge < -0.3 is 25.5 Å². The van der Waals surface area contributed by atoms with E-state index in [0.717, 1.165) is 18.7 Å². The smallest absolute Gasteiger partial charge is 0.317 e. The average molecular weight is 409 g/mol. The fourth-order valence-electron chi connectivity index (χ4n) is 4.44. The zero-order valence-corrected chi connectivity index (χ0v) is 17.2. The van der Waals surface area contributed by atoms with Gasteiger partial charge >= 0.3 is 6.03 Å². The summed E-state index contributed by atoms with van der Waals surface area (Å²) in [4.78, 5) is 29.0. The summed E-state index contributed by atoms with van der Waals surface area (Å²) >= 11 is 0. The number of aliphatic hydroxyl groups excluding tert-OH is 1. The van der Waals surface area contributed by atoms with Crippen LogP contribution in [0.2, 0.25) is 0 Å². The topological polar surface area (TPSA) is 84.9 Å². The van der Waals surface area contributed by atoms with Gasteiger partial charge in [0.25, 0.3) is 0 Å². The number of urea groups is 1. The van der Waals surface area contributed by atoms with Gasteiger partial charge in [0.2, 0.25) is 5.91 Å². The molecular weight excluding hydrogens is 380 g/mol. The van der Waals surface area contributed by atoms with Crippen molar-refractivity contribution in [1.82, 2.24) is 15.5 Å². The largest absolute Gasteiger partial charge is 0.371 e. The number of piperazine rings is 1. The van der Waals surface area contributed by atoms with Crippen LogP contribution in [0.15, 0.2) is 54.6 Å². The number of anilines is 1. The number of benzene rings is 2. The Morgan fingerprint density at radius 2 is 1.73 bits per heavy atom. The molecule has 2 atom stereocenters. The molecule has 4 rings (SSSR count). The Morgan fingerprint density at radius 1 is 1.07 bits per heavy atom. The number of rotatable bonds is 5. The number of aryl methyl sites for hydroxylation is 1. The fraction of sp³-hybridized carbons (Fsp3) is 0.391. The second-order valence-electron chi connectivity index (χ2n) is 7.99. The summed E-state index contributed by atoms with van der Waals surface area (Å²) in [5.41, 5.74) is 2.24. The van der Waals surface area contributed by atoms with E-state index >= 15 is 0 Å². The van der Waals surface area contributed by atoms with Gasteiger partial charge in [-0.25, -0.2) is 4.79 Å². The Hall–Kier alpha value is -3.06. The number of nitrogens with zero attached hydrogens (tertiary/aromatic N) is 2. The van der Waals surface area contributed by atoms with Crippen molar-refractivity contribution in [1.29, 1.82) is 0 Å². The highest BCUT2D eigenvalue weighted by Gasteiger charge is 2.47. The summed E-state index contributed by atoms with van der Waals surface area (Å²) < 4.78 is 0. The van der Waals surface area contributed by atoms with Gasteiger partial charge in [0.15, 0.2) is 6.23 Å². The predicted octanol–water partition coefficient (Wildman–Crippen LogP) is 1.95. The minimum Gasteiger partial charge on any atom is -0.371 e. The van der Waals surface area contributed by atoms with Crippen LogP contribution in [0, 0.1) is 6.92 Å². The standard InChI is InChI=1S/C23H28N4O3/c1-17-7-5-6-10-19(17)26-13-15-27(16-14-26)20(28)11-12-23(18-8-3-2-4-9-18)21(29)24-22(30)25-23/h2-10,21,29H,11-16H2,1H3,(H2,24,25,30). The highest BCUT2D eigenvalue weighted by molar-refractivity contribution is 5.80. The van der Waals surface area contributed by atoms with Crippen molar-refractivity contribution in [3.05, 3.63) is 65.7 Å². The molecule has 0 saturated carbocycles. The molecule has 30 heavy (non-hydrogen) atoms. The average Bonchev–Trinajstić information content (AvgIpc) is 3.07. The molecule has 3 amide bonds. The van der Waals surface area contributed by atoms with Gasteiger partial charge in [0.05, 0.1) is 0 Å². The molecule has 2 aliphatic heterocycles. The van der Waals surface area contributed by atoms with Crippen LogP contribution < -0.4 is 15.5 Å². The third-order valence-corrected chi connectivity index (χ3v) is 6.18. The zero-order chi connectivity index (χ0) is 21.1. The predicted molar refractivity (Wildman–Crippen MR) is 115 cm³/mol. The fourth-order valence-corrected chi connectivity index (χ4v) is 4.44. The van der Waals surface area contributed by atoms with E-state index in [9.17, 15) is 14.7 Å². The molecule has 0 aliphatic carbocycles. The Labute approximate surface area is 176 Å². The molecule has 3 N–H and O–H groups in total. The third-order valence-electron chi connectivity index (χ3n) is 6.18. The molecule has 0 bridgehead atoms. The van der Waals surface area contributed by atoms with Crippen LogP contribution >= 0.6 is 0 Å². The Balaban J connectivity index is 1.39. The molecule has 0 radical (unpaired) electrons. The summed E-state index contributed by atoms with van der Waals surface area (Å²) in [7, 11) is 0. The molecule has 2 aromatic rings. The van der Waals surface area contributed by atoms with Gasteiger partial charge in [0, 0.05) is 38.3 Å². The van der Waals surface area contributed by atoms with Crippen LogP contribution in [0.25, 0.3) is 0 Å². The van der Waals surface area contributed by atoms with E-state index in [2.05, 4.69) is 34.6 Å². The molecule has 0 aromatic heterocycles. The van der Waals surface area contributed by atoms with Crippen LogP contribution in [-0.4, -0.2) is 54.4 Å². The summed E-state index contributed by atoms with van der Waals surface area (Å²) in [5.74, 6) is 0.0445. The lowest BCUT2D eigenvalue weighted by Crippen LogP contribution is -2.50. The van der Waals surface area contributed by atoms with Gasteiger partial charge in [0.1, 0.15) is 5.54 Å². The maximum Gasteiger partial charge on any atom is 0.317 e. The van der Waals surface area contributed by atoms with Crippen molar-refractivity contribution in [2.45, 2.75) is 31.5 Å². The Morgan fingerprint density at radius 3 is 2.37 bits per heavy atom. The van der Waals surface area contributed by atoms with E-state index < -0.39 is 17.8 Å². The Bertz CT molecular complexity index is 912. The number of aliphatic hydroxyl groups is 1. The molecule has 2 unspecified atom stereocenters. The van der Waals surface area contributed by atoms with Crippen LogP contribution in [0.5, 0.6) is 0 Å². The summed E-state index contributed by atoms with van der Waals surface area (Å²) in [6, 6.07) is 17.2. The van der Waals surface area contributed by atoms with E-state index in [1.165, 1.54) is 11.3 Å². The van der Waals surface area contributed by atoms with Gasteiger partial charge in [-0.2, -0.15) is 0 Å². The van der Waals surface area contributed by atoms with Crippen LogP contribution in [-0.2, 0) is 10.3 Å². The number of hydrogen-bond acceptors (Lipinski definition) is 4. The second kappa shape index (κ2) is 8.36. The molecule has 7 heteroatoms. The highest BCUT2D eigenvalue weighted by Crippen LogP contribution is 2.33. The van der Waals surface area contributed by atoms with Gasteiger partial charge in [-0.15, -0.1) is 0 Å². The lowest BCUT2D eigenvalue weighted by Gasteiger charge is -2.38. The molecule has 2 heterocycles. The molecule has 158 valence electrons. The first-order valence-electron chi connectivity index (χ1n) is 10.4. The Kier molecular flexibility index (Phi) is 5.63. The molecule has 7 nitrogen and oxygen atoms in total. The van der Waals surface area contributed by atoms with E-state index in [1.807, 2.05) is 47.4 Å². The number of carbonyl (C=O) groups is 2. The number of nitrogens with one attached hydrogen (secondary N) is 2. The van der Waals surface area contributed by atoms with E-state index in [0.29, 0.717) is 19.5 Å². The minimum atomic E-state index is -1.09. The van der Waals surface area contributed by atoms with Crippen molar-refractivity contribution >= 4 is 17.6 Å². The molecule has 0 spiro atoms. The quantitative estimate of drug-likeness (QED) is 0.706. The van der Waals surface area contributed by atoms with Crippen molar-refractivity contribution in [3.63, 3.8) is 0 Å². The molecule has 2 fully saturated rings. The van der Waals surface area contributed by atoms with Gasteiger partial charge in [-0.05, 0) is 30.5 Å². The van der Waals surface area contributed by atoms with Crippen molar-refractivity contribution in [3.8, 4) is 0 Å². The van der Waals surface area contributed by atoms with E-state index in [1.54, 1.807) is 0 Å². The maximum atomic E-state index is 12.9. The third kappa shape index (κ3) is 3.85. The van der Waals surface area contributed by atoms with E-state index in [4.69, 9.17) is 0 Å². The van der Waals surface area contributed by atoms with Crippen LogP contribution in [0.4, 0.5) is 10.5 Å². The molecule has 2 saturated heterocycles. The first-order valence-corrected chi connectivity index (χ1v) is 10.4. The van der Waals surface area contributed by atoms with Crippen molar-refractivity contribution in [2.75, 3.05) is 31.1 Å². The lowest BCUT2D eigenvalue weighted by atomic mass is 9.84. The van der Waals surface area contributed by atoms with Crippen molar-refractivity contribution < 1.29 is 14.7 Å². The summed E-state index contributed by atoms with van der Waals surface area (Å²) in [6.45, 7) is 5.02. The lowest BCUT2D eigenvalue weighted by molar-refractivity contribution is -0.132.